The molecule has 1 amide bonds. The number of nitrogens with zero attached hydrogens (tertiary/aromatic N) is 1. The Hall–Kier alpha value is -2.05. The monoisotopic (exact) mass is 287 g/mol. The average molecular weight is 287 g/mol. The maximum Gasteiger partial charge on any atom is 0.397 e. The number of hydrogen-bond donors (Lipinski definition) is 1. The molecule has 2 rings (SSSR count). The lowest BCUT2D eigenvalue weighted by atomic mass is 9.93. The highest BCUT2D eigenvalue weighted by Crippen LogP contribution is 2.27. The molecule has 0 fully saturated rings. The van der Waals surface area contributed by atoms with Crippen LogP contribution in [0.25, 0.3) is 0 Å². The number of carboxylic acid groups (broad SMARTS) is 1. The van der Waals surface area contributed by atoms with Crippen LogP contribution in [0.2, 0.25) is 0 Å². The minimum Gasteiger partial charge on any atom is -0.480 e. The van der Waals surface area contributed by atoms with E-state index in [1.54, 1.807) is 24.3 Å². The molecular weight excluding hydrogens is 275 g/mol. The molecule has 0 spiro atoms. The van der Waals surface area contributed by atoms with Crippen molar-refractivity contribution in [3.63, 3.8) is 0 Å². The Balaban J connectivity index is 2.27. The normalized spacial score (nSPS) is 18.6. The van der Waals surface area contributed by atoms with E-state index in [0.29, 0.717) is 5.56 Å². The summed E-state index contributed by atoms with van der Waals surface area (Å²) in [6.07, 6.45) is -6.26. The molecule has 1 aromatic rings. The fraction of sp³-hybridized carbons (Fsp3) is 0.385. The molecule has 20 heavy (non-hydrogen) atoms. The van der Waals surface area contributed by atoms with Crippen LogP contribution in [0.1, 0.15) is 17.5 Å². The van der Waals surface area contributed by atoms with Gasteiger partial charge in [-0.3, -0.25) is 4.79 Å². The first kappa shape index (κ1) is 14.4. The second-order valence-corrected chi connectivity index (χ2v) is 4.64. The Morgan fingerprint density at radius 3 is 2.40 bits per heavy atom. The largest absolute Gasteiger partial charge is 0.480 e. The zero-order valence-electron chi connectivity index (χ0n) is 10.4. The van der Waals surface area contributed by atoms with Gasteiger partial charge in [0.25, 0.3) is 0 Å². The summed E-state index contributed by atoms with van der Waals surface area (Å²) in [6.45, 7) is -0.109. The summed E-state index contributed by atoms with van der Waals surface area (Å²) >= 11 is 0. The fourth-order valence-corrected chi connectivity index (χ4v) is 2.28. The molecule has 1 N–H and O–H groups in total. The van der Waals surface area contributed by atoms with Crippen molar-refractivity contribution in [1.29, 1.82) is 0 Å². The molecule has 1 atom stereocenters. The Kier molecular flexibility index (Phi) is 3.69. The zero-order valence-corrected chi connectivity index (χ0v) is 10.4. The van der Waals surface area contributed by atoms with E-state index in [4.69, 9.17) is 5.11 Å². The third-order valence-electron chi connectivity index (χ3n) is 3.21. The summed E-state index contributed by atoms with van der Waals surface area (Å²) in [5.74, 6) is -2.51. The number of aliphatic carboxylic acids is 1. The Morgan fingerprint density at radius 2 is 1.85 bits per heavy atom. The van der Waals surface area contributed by atoms with Gasteiger partial charge in [-0.1, -0.05) is 24.3 Å². The van der Waals surface area contributed by atoms with Crippen molar-refractivity contribution >= 4 is 11.9 Å². The quantitative estimate of drug-likeness (QED) is 0.904. The van der Waals surface area contributed by atoms with Crippen LogP contribution in [0.4, 0.5) is 13.2 Å². The molecule has 0 aromatic heterocycles. The Morgan fingerprint density at radius 1 is 1.25 bits per heavy atom. The number of fused-ring (bicyclic) bond motifs is 1. The third kappa shape index (κ3) is 3.09. The molecule has 1 unspecified atom stereocenters. The first-order valence-electron chi connectivity index (χ1n) is 5.94. The maximum atomic E-state index is 12.3. The van der Waals surface area contributed by atoms with E-state index in [1.807, 2.05) is 0 Å². The van der Waals surface area contributed by atoms with Crippen LogP contribution in [-0.4, -0.2) is 34.1 Å². The first-order chi connectivity index (χ1) is 9.28. The molecule has 1 aliphatic heterocycles. The molecule has 0 aliphatic carbocycles. The standard InChI is InChI=1S/C13H12F3NO3/c14-13(15,16)6-11(18)17-7-9-4-2-1-3-8(9)5-10(17)12(19)20/h1-4,10H,5-7H2,(H,19,20). The van der Waals surface area contributed by atoms with Crippen LogP contribution >= 0.6 is 0 Å². The van der Waals surface area contributed by atoms with Gasteiger partial charge in [0.05, 0.1) is 0 Å². The molecule has 4 nitrogen and oxygen atoms in total. The molecule has 1 aliphatic rings. The van der Waals surface area contributed by atoms with Crippen molar-refractivity contribution in [2.75, 3.05) is 0 Å². The van der Waals surface area contributed by atoms with Gasteiger partial charge in [0.1, 0.15) is 12.5 Å². The summed E-state index contributed by atoms with van der Waals surface area (Å²) in [6, 6.07) is 5.58. The lowest BCUT2D eigenvalue weighted by Crippen LogP contribution is -2.49. The van der Waals surface area contributed by atoms with E-state index >= 15 is 0 Å². The van der Waals surface area contributed by atoms with Gasteiger partial charge in [-0.2, -0.15) is 13.2 Å². The summed E-state index contributed by atoms with van der Waals surface area (Å²) in [4.78, 5) is 23.6. The summed E-state index contributed by atoms with van der Waals surface area (Å²) in [7, 11) is 0. The number of rotatable bonds is 2. The fourth-order valence-electron chi connectivity index (χ4n) is 2.28. The minimum atomic E-state index is -4.64. The van der Waals surface area contributed by atoms with Crippen LogP contribution in [0.3, 0.4) is 0 Å². The van der Waals surface area contributed by atoms with Crippen LogP contribution in [0.15, 0.2) is 24.3 Å². The molecular formula is C13H12F3NO3. The number of carbonyl (C=O) groups excluding carboxylic acids is 1. The van der Waals surface area contributed by atoms with E-state index < -0.39 is 30.5 Å². The number of halogens is 3. The van der Waals surface area contributed by atoms with Gasteiger partial charge < -0.3 is 10.0 Å². The lowest BCUT2D eigenvalue weighted by molar-refractivity contribution is -0.168. The van der Waals surface area contributed by atoms with Crippen molar-refractivity contribution in [2.24, 2.45) is 0 Å². The molecule has 0 bridgehead atoms. The highest BCUT2D eigenvalue weighted by Gasteiger charge is 2.39. The number of benzene rings is 1. The Bertz CT molecular complexity index is 542. The van der Waals surface area contributed by atoms with Crippen molar-refractivity contribution in [3.8, 4) is 0 Å². The van der Waals surface area contributed by atoms with Crippen LogP contribution in [-0.2, 0) is 22.6 Å². The van der Waals surface area contributed by atoms with Gasteiger partial charge in [0.15, 0.2) is 0 Å². The highest BCUT2D eigenvalue weighted by atomic mass is 19.4. The number of carbonyl (C=O) groups is 2. The topological polar surface area (TPSA) is 57.6 Å². The molecule has 108 valence electrons. The number of alkyl halides is 3. The van der Waals surface area contributed by atoms with Crippen LogP contribution in [0, 0.1) is 0 Å². The van der Waals surface area contributed by atoms with Crippen LogP contribution in [0.5, 0.6) is 0 Å². The van der Waals surface area contributed by atoms with E-state index in [-0.39, 0.29) is 13.0 Å². The van der Waals surface area contributed by atoms with Crippen molar-refractivity contribution in [3.05, 3.63) is 35.4 Å². The van der Waals surface area contributed by atoms with Gasteiger partial charge >= 0.3 is 12.1 Å². The molecule has 0 saturated carbocycles. The minimum absolute atomic E-state index is 0.0229. The van der Waals surface area contributed by atoms with Gasteiger partial charge in [0, 0.05) is 13.0 Å². The average Bonchev–Trinajstić information content (AvgIpc) is 2.35. The highest BCUT2D eigenvalue weighted by molar-refractivity contribution is 5.84. The SMILES string of the molecule is O=C(O)C1Cc2ccccc2CN1C(=O)CC(F)(F)F. The van der Waals surface area contributed by atoms with Crippen molar-refractivity contribution < 1.29 is 27.9 Å². The third-order valence-corrected chi connectivity index (χ3v) is 3.21. The summed E-state index contributed by atoms with van der Waals surface area (Å²) in [5, 5.41) is 9.11. The van der Waals surface area contributed by atoms with Crippen LogP contribution < -0.4 is 0 Å². The van der Waals surface area contributed by atoms with Gasteiger partial charge in [0.2, 0.25) is 5.91 Å². The number of amides is 1. The second-order valence-electron chi connectivity index (χ2n) is 4.64. The van der Waals surface area contributed by atoms with E-state index in [2.05, 4.69) is 0 Å². The van der Waals surface area contributed by atoms with Gasteiger partial charge in [-0.05, 0) is 11.1 Å². The first-order valence-corrected chi connectivity index (χ1v) is 5.94. The van der Waals surface area contributed by atoms with E-state index in [9.17, 15) is 22.8 Å². The predicted molar refractivity (Wildman–Crippen MR) is 62.8 cm³/mol. The molecule has 0 radical (unpaired) electrons. The summed E-state index contributed by atoms with van der Waals surface area (Å²) < 4.78 is 36.9. The smallest absolute Gasteiger partial charge is 0.397 e. The predicted octanol–water partition coefficient (Wildman–Crippen LogP) is 1.98. The Labute approximate surface area is 112 Å². The number of hydrogen-bond acceptors (Lipinski definition) is 2. The van der Waals surface area contributed by atoms with Gasteiger partial charge in [-0.15, -0.1) is 0 Å². The zero-order chi connectivity index (χ0) is 14.9. The number of carboxylic acids is 1. The van der Waals surface area contributed by atoms with E-state index in [0.717, 1.165) is 10.5 Å². The molecule has 1 heterocycles. The van der Waals surface area contributed by atoms with Crippen molar-refractivity contribution in [1.82, 2.24) is 4.90 Å². The maximum absolute atomic E-state index is 12.3. The van der Waals surface area contributed by atoms with Crippen molar-refractivity contribution in [2.45, 2.75) is 31.6 Å². The molecule has 1 aromatic carbocycles. The molecule has 0 saturated heterocycles. The second kappa shape index (κ2) is 5.15. The van der Waals surface area contributed by atoms with E-state index in [1.165, 1.54) is 0 Å². The summed E-state index contributed by atoms with van der Waals surface area (Å²) in [5.41, 5.74) is 1.43. The molecule has 7 heteroatoms. The lowest BCUT2D eigenvalue weighted by Gasteiger charge is -2.34. The van der Waals surface area contributed by atoms with Gasteiger partial charge in [-0.25, -0.2) is 4.79 Å².